The molecule has 136 valence electrons. The van der Waals surface area contributed by atoms with Crippen LogP contribution in [0.5, 0.6) is 5.75 Å². The van der Waals surface area contributed by atoms with Crippen molar-refractivity contribution in [2.75, 3.05) is 32.8 Å². The van der Waals surface area contributed by atoms with E-state index in [4.69, 9.17) is 4.74 Å². The zero-order valence-corrected chi connectivity index (χ0v) is 16.8. The lowest BCUT2D eigenvalue weighted by atomic mass is 9.78. The molecule has 0 atom stereocenters. The molecule has 24 heavy (non-hydrogen) atoms. The molecule has 1 N–H and O–H groups in total. The maximum atomic E-state index is 6.14. The van der Waals surface area contributed by atoms with Gasteiger partial charge >= 0.3 is 0 Å². The Bertz CT molecular complexity index is 511. The third kappa shape index (κ3) is 4.73. The molecule has 0 saturated carbocycles. The smallest absolute Gasteiger partial charge is 0.126 e. The highest BCUT2D eigenvalue weighted by Gasteiger charge is 2.28. The van der Waals surface area contributed by atoms with Gasteiger partial charge in [-0.25, -0.2) is 0 Å². The summed E-state index contributed by atoms with van der Waals surface area (Å²) in [5.41, 5.74) is 4.23. The molecule has 2 rings (SSSR count). The SMILES string of the molecule is CCOc1c(C(C)(C)C)cc(CN2CCNCC2)cc1C(C)(C)C. The van der Waals surface area contributed by atoms with Crippen molar-refractivity contribution in [3.05, 3.63) is 28.8 Å². The topological polar surface area (TPSA) is 24.5 Å². The largest absolute Gasteiger partial charge is 0.493 e. The lowest BCUT2D eigenvalue weighted by molar-refractivity contribution is 0.232. The maximum Gasteiger partial charge on any atom is 0.126 e. The van der Waals surface area contributed by atoms with Gasteiger partial charge in [0.05, 0.1) is 6.61 Å². The van der Waals surface area contributed by atoms with Crippen LogP contribution < -0.4 is 10.1 Å². The molecule has 1 heterocycles. The summed E-state index contributed by atoms with van der Waals surface area (Å²) in [6.45, 7) is 22.0. The molecule has 1 aliphatic heterocycles. The summed E-state index contributed by atoms with van der Waals surface area (Å²) in [7, 11) is 0. The Labute approximate surface area is 148 Å². The molecule has 3 heteroatoms. The van der Waals surface area contributed by atoms with Crippen molar-refractivity contribution in [3.8, 4) is 5.75 Å². The van der Waals surface area contributed by atoms with Crippen LogP contribution in [-0.4, -0.2) is 37.7 Å². The van der Waals surface area contributed by atoms with Gasteiger partial charge in [0.2, 0.25) is 0 Å². The average molecular weight is 333 g/mol. The molecule has 1 fully saturated rings. The van der Waals surface area contributed by atoms with Gasteiger partial charge in [-0.05, 0) is 23.3 Å². The van der Waals surface area contributed by atoms with Crippen molar-refractivity contribution in [2.45, 2.75) is 65.8 Å². The minimum atomic E-state index is 0.0734. The summed E-state index contributed by atoms with van der Waals surface area (Å²) in [5.74, 6) is 1.10. The van der Waals surface area contributed by atoms with Crippen LogP contribution in [-0.2, 0) is 17.4 Å². The quantitative estimate of drug-likeness (QED) is 0.899. The van der Waals surface area contributed by atoms with Gasteiger partial charge in [-0.2, -0.15) is 0 Å². The number of nitrogens with one attached hydrogen (secondary N) is 1. The first-order valence-corrected chi connectivity index (χ1v) is 9.36. The second-order valence-corrected chi connectivity index (χ2v) is 8.98. The van der Waals surface area contributed by atoms with Gasteiger partial charge in [-0.15, -0.1) is 0 Å². The molecule has 0 aromatic heterocycles. The second kappa shape index (κ2) is 7.45. The summed E-state index contributed by atoms with van der Waals surface area (Å²) in [5, 5.41) is 3.44. The summed E-state index contributed by atoms with van der Waals surface area (Å²) < 4.78 is 6.14. The number of hydrogen-bond donors (Lipinski definition) is 1. The Kier molecular flexibility index (Phi) is 5.98. The van der Waals surface area contributed by atoms with Gasteiger partial charge < -0.3 is 10.1 Å². The molecule has 1 aromatic rings. The van der Waals surface area contributed by atoms with E-state index in [0.717, 1.165) is 38.5 Å². The van der Waals surface area contributed by atoms with E-state index in [0.29, 0.717) is 6.61 Å². The van der Waals surface area contributed by atoms with E-state index in [1.165, 1.54) is 16.7 Å². The van der Waals surface area contributed by atoms with Gasteiger partial charge in [0.1, 0.15) is 5.75 Å². The predicted molar refractivity (Wildman–Crippen MR) is 103 cm³/mol. The maximum absolute atomic E-state index is 6.14. The van der Waals surface area contributed by atoms with Crippen LogP contribution in [0.3, 0.4) is 0 Å². The van der Waals surface area contributed by atoms with Gasteiger partial charge in [-0.1, -0.05) is 53.7 Å². The number of nitrogens with zero attached hydrogens (tertiary/aromatic N) is 1. The van der Waals surface area contributed by atoms with E-state index >= 15 is 0 Å². The minimum Gasteiger partial charge on any atom is -0.493 e. The summed E-state index contributed by atoms with van der Waals surface area (Å²) in [4.78, 5) is 2.55. The van der Waals surface area contributed by atoms with Gasteiger partial charge in [0.15, 0.2) is 0 Å². The predicted octanol–water partition coefficient (Wildman–Crippen LogP) is 4.09. The molecule has 0 unspecified atom stereocenters. The molecule has 3 nitrogen and oxygen atoms in total. The minimum absolute atomic E-state index is 0.0734. The molecule has 0 amide bonds. The Morgan fingerprint density at radius 2 is 1.46 bits per heavy atom. The zero-order valence-electron chi connectivity index (χ0n) is 16.8. The Balaban J connectivity index is 2.48. The molecular weight excluding hydrogens is 296 g/mol. The van der Waals surface area contributed by atoms with E-state index < -0.39 is 0 Å². The van der Waals surface area contributed by atoms with Crippen molar-refractivity contribution in [2.24, 2.45) is 0 Å². The van der Waals surface area contributed by atoms with E-state index in [1.54, 1.807) is 0 Å². The van der Waals surface area contributed by atoms with Crippen LogP contribution in [0.1, 0.15) is 65.2 Å². The molecule has 0 radical (unpaired) electrons. The van der Waals surface area contributed by atoms with E-state index in [1.807, 2.05) is 0 Å². The fourth-order valence-corrected chi connectivity index (χ4v) is 3.32. The van der Waals surface area contributed by atoms with Crippen molar-refractivity contribution >= 4 is 0 Å². The van der Waals surface area contributed by atoms with Crippen molar-refractivity contribution in [1.29, 1.82) is 0 Å². The molecule has 1 aromatic carbocycles. The van der Waals surface area contributed by atoms with Gasteiger partial charge in [0, 0.05) is 43.9 Å². The lowest BCUT2D eigenvalue weighted by Gasteiger charge is -2.32. The fraction of sp³-hybridized carbons (Fsp3) is 0.714. The number of piperazine rings is 1. The fourth-order valence-electron chi connectivity index (χ4n) is 3.32. The highest BCUT2D eigenvalue weighted by atomic mass is 16.5. The highest BCUT2D eigenvalue weighted by Crippen LogP contribution is 2.41. The standard InChI is InChI=1S/C21H36N2O/c1-8-24-19-17(20(2,3)4)13-16(14-18(19)21(5,6)7)15-23-11-9-22-10-12-23/h13-14,22H,8-12,15H2,1-7H3. The third-order valence-corrected chi connectivity index (χ3v) is 4.67. The second-order valence-electron chi connectivity index (χ2n) is 8.98. The summed E-state index contributed by atoms with van der Waals surface area (Å²) >= 11 is 0. The van der Waals surface area contributed by atoms with Crippen LogP contribution in [0, 0.1) is 0 Å². The van der Waals surface area contributed by atoms with E-state index in [2.05, 4.69) is 70.8 Å². The molecule has 0 aliphatic carbocycles. The molecule has 0 bridgehead atoms. The van der Waals surface area contributed by atoms with Crippen LogP contribution >= 0.6 is 0 Å². The molecule has 1 saturated heterocycles. The van der Waals surface area contributed by atoms with Crippen molar-refractivity contribution in [3.63, 3.8) is 0 Å². The van der Waals surface area contributed by atoms with Crippen LogP contribution in [0.4, 0.5) is 0 Å². The van der Waals surface area contributed by atoms with E-state index in [-0.39, 0.29) is 10.8 Å². The lowest BCUT2D eigenvalue weighted by Crippen LogP contribution is -2.43. The molecular formula is C21H36N2O. The Morgan fingerprint density at radius 1 is 0.958 bits per heavy atom. The number of rotatable bonds is 4. The Morgan fingerprint density at radius 3 is 1.88 bits per heavy atom. The first-order valence-electron chi connectivity index (χ1n) is 9.36. The van der Waals surface area contributed by atoms with Crippen molar-refractivity contribution < 1.29 is 4.74 Å². The normalized spacial score (nSPS) is 17.1. The third-order valence-electron chi connectivity index (χ3n) is 4.67. The first-order chi connectivity index (χ1) is 11.1. The number of ether oxygens (including phenoxy) is 1. The van der Waals surface area contributed by atoms with Crippen LogP contribution in [0.2, 0.25) is 0 Å². The zero-order chi connectivity index (χ0) is 18.0. The van der Waals surface area contributed by atoms with E-state index in [9.17, 15) is 0 Å². The Hall–Kier alpha value is -1.06. The molecule has 1 aliphatic rings. The number of hydrogen-bond acceptors (Lipinski definition) is 3. The monoisotopic (exact) mass is 332 g/mol. The van der Waals surface area contributed by atoms with Crippen molar-refractivity contribution in [1.82, 2.24) is 10.2 Å². The average Bonchev–Trinajstić information content (AvgIpc) is 2.47. The summed E-state index contributed by atoms with van der Waals surface area (Å²) in [6.07, 6.45) is 0. The highest BCUT2D eigenvalue weighted by molar-refractivity contribution is 5.51. The van der Waals surface area contributed by atoms with Gasteiger partial charge in [0.25, 0.3) is 0 Å². The summed E-state index contributed by atoms with van der Waals surface area (Å²) in [6, 6.07) is 4.75. The molecule has 0 spiro atoms. The van der Waals surface area contributed by atoms with Gasteiger partial charge in [-0.3, -0.25) is 4.90 Å². The van der Waals surface area contributed by atoms with Crippen LogP contribution in [0.15, 0.2) is 12.1 Å². The number of benzene rings is 1. The van der Waals surface area contributed by atoms with Crippen LogP contribution in [0.25, 0.3) is 0 Å². The first kappa shape index (κ1) is 19.3.